The summed E-state index contributed by atoms with van der Waals surface area (Å²) in [5, 5.41) is 9.37. The van der Waals surface area contributed by atoms with Gasteiger partial charge in [0.15, 0.2) is 17.7 Å². The second kappa shape index (κ2) is 3.99. The number of nitrogens with one attached hydrogen (secondary N) is 2. The van der Waals surface area contributed by atoms with Crippen LogP contribution in [0.5, 0.6) is 0 Å². The summed E-state index contributed by atoms with van der Waals surface area (Å²) < 4.78 is 5.12. The Morgan fingerprint density at radius 2 is 2.28 bits per heavy atom. The largest absolute Gasteiger partial charge is 0.443 e. The highest BCUT2D eigenvalue weighted by atomic mass is 16.3. The van der Waals surface area contributed by atoms with Crippen LogP contribution in [0.2, 0.25) is 0 Å². The molecule has 90 valence electrons. The minimum atomic E-state index is -0.262. The average molecular weight is 242 g/mol. The van der Waals surface area contributed by atoms with Crippen LogP contribution in [0, 0.1) is 6.92 Å². The number of H-pyrrole nitrogens is 1. The van der Waals surface area contributed by atoms with Crippen molar-refractivity contribution in [1.82, 2.24) is 15.2 Å². The fraction of sp³-hybridized carbons (Fsp3) is 0.0833. The minimum absolute atomic E-state index is 0.262. The number of aromatic amines is 1. The van der Waals surface area contributed by atoms with E-state index in [-0.39, 0.29) is 5.91 Å². The molecule has 0 bridgehead atoms. The van der Waals surface area contributed by atoms with Gasteiger partial charge in [-0.25, -0.2) is 4.98 Å². The number of benzene rings is 1. The first kappa shape index (κ1) is 10.5. The number of aryl methyl sites for hydroxylation is 1. The monoisotopic (exact) mass is 242 g/mol. The first-order chi connectivity index (χ1) is 8.72. The lowest BCUT2D eigenvalue weighted by Crippen LogP contribution is -2.12. The fourth-order valence-electron chi connectivity index (χ4n) is 1.67. The summed E-state index contributed by atoms with van der Waals surface area (Å²) in [6.45, 7) is 1.84. The van der Waals surface area contributed by atoms with Gasteiger partial charge in [-0.1, -0.05) is 0 Å². The molecule has 0 aliphatic rings. The Bertz CT molecular complexity index is 714. The van der Waals surface area contributed by atoms with Crippen molar-refractivity contribution in [2.75, 3.05) is 5.32 Å². The van der Waals surface area contributed by atoms with E-state index in [1.807, 2.05) is 6.92 Å². The van der Waals surface area contributed by atoms with Crippen LogP contribution in [0.1, 0.15) is 16.2 Å². The molecule has 0 saturated carbocycles. The van der Waals surface area contributed by atoms with E-state index in [0.717, 1.165) is 5.69 Å². The van der Waals surface area contributed by atoms with Crippen LogP contribution in [0.15, 0.2) is 35.1 Å². The summed E-state index contributed by atoms with van der Waals surface area (Å²) in [4.78, 5) is 15.9. The normalized spacial score (nSPS) is 10.7. The smallest absolute Gasteiger partial charge is 0.276 e. The maximum Gasteiger partial charge on any atom is 0.276 e. The number of amides is 1. The van der Waals surface area contributed by atoms with Gasteiger partial charge in [0.25, 0.3) is 5.91 Å². The molecule has 6 nitrogen and oxygen atoms in total. The highest BCUT2D eigenvalue weighted by molar-refractivity contribution is 6.03. The lowest BCUT2D eigenvalue weighted by Gasteiger charge is -2.01. The van der Waals surface area contributed by atoms with Gasteiger partial charge in [0, 0.05) is 11.4 Å². The van der Waals surface area contributed by atoms with Crippen molar-refractivity contribution < 1.29 is 9.21 Å². The van der Waals surface area contributed by atoms with Gasteiger partial charge in [0.1, 0.15) is 5.52 Å². The molecule has 3 rings (SSSR count). The lowest BCUT2D eigenvalue weighted by molar-refractivity contribution is 0.102. The van der Waals surface area contributed by atoms with E-state index in [4.69, 9.17) is 4.42 Å². The predicted molar refractivity (Wildman–Crippen MR) is 65.3 cm³/mol. The van der Waals surface area contributed by atoms with Crippen LogP contribution in [0.3, 0.4) is 0 Å². The van der Waals surface area contributed by atoms with E-state index in [1.165, 1.54) is 6.39 Å². The number of hydrogen-bond acceptors (Lipinski definition) is 4. The average Bonchev–Trinajstić information content (AvgIpc) is 2.96. The number of aromatic nitrogens is 3. The van der Waals surface area contributed by atoms with Gasteiger partial charge in [-0.15, -0.1) is 0 Å². The highest BCUT2D eigenvalue weighted by Gasteiger charge is 2.10. The van der Waals surface area contributed by atoms with Crippen LogP contribution < -0.4 is 5.32 Å². The number of fused-ring (bicyclic) bond motifs is 1. The van der Waals surface area contributed by atoms with E-state index in [9.17, 15) is 4.79 Å². The van der Waals surface area contributed by atoms with Crippen molar-refractivity contribution in [3.8, 4) is 0 Å². The zero-order chi connectivity index (χ0) is 12.5. The number of nitrogens with zero attached hydrogens (tertiary/aromatic N) is 2. The van der Waals surface area contributed by atoms with Gasteiger partial charge in [-0.2, -0.15) is 5.10 Å². The molecule has 2 N–H and O–H groups in total. The molecule has 0 unspecified atom stereocenters. The van der Waals surface area contributed by atoms with Crippen LogP contribution in [0.4, 0.5) is 5.69 Å². The van der Waals surface area contributed by atoms with E-state index >= 15 is 0 Å². The van der Waals surface area contributed by atoms with Crippen LogP contribution in [-0.2, 0) is 0 Å². The Morgan fingerprint density at radius 3 is 3.06 bits per heavy atom. The molecule has 0 saturated heterocycles. The van der Waals surface area contributed by atoms with Crippen molar-refractivity contribution in [1.29, 1.82) is 0 Å². The topological polar surface area (TPSA) is 83.8 Å². The van der Waals surface area contributed by atoms with Crippen LogP contribution in [-0.4, -0.2) is 21.1 Å². The third-order valence-corrected chi connectivity index (χ3v) is 2.53. The number of carbonyl (C=O) groups excluding carboxylic acids is 1. The molecule has 0 spiro atoms. The quantitative estimate of drug-likeness (QED) is 0.720. The molecular formula is C12H10N4O2. The van der Waals surface area contributed by atoms with Crippen molar-refractivity contribution in [2.45, 2.75) is 6.92 Å². The molecular weight excluding hydrogens is 232 g/mol. The highest BCUT2D eigenvalue weighted by Crippen LogP contribution is 2.18. The predicted octanol–water partition coefficient (Wildman–Crippen LogP) is 2.11. The second-order valence-corrected chi connectivity index (χ2v) is 3.93. The summed E-state index contributed by atoms with van der Waals surface area (Å²) in [6.07, 6.45) is 1.37. The van der Waals surface area contributed by atoms with Gasteiger partial charge < -0.3 is 9.73 Å². The number of oxazole rings is 1. The number of carbonyl (C=O) groups is 1. The lowest BCUT2D eigenvalue weighted by atomic mass is 10.2. The Labute approximate surface area is 102 Å². The summed E-state index contributed by atoms with van der Waals surface area (Å²) in [5.41, 5.74) is 3.23. The summed E-state index contributed by atoms with van der Waals surface area (Å²) in [6, 6.07) is 6.94. The van der Waals surface area contributed by atoms with E-state index in [1.54, 1.807) is 24.3 Å². The Kier molecular flexibility index (Phi) is 2.33. The first-order valence-corrected chi connectivity index (χ1v) is 5.39. The Morgan fingerprint density at radius 1 is 1.39 bits per heavy atom. The summed E-state index contributed by atoms with van der Waals surface area (Å²) >= 11 is 0. The van der Waals surface area contributed by atoms with Crippen molar-refractivity contribution in [3.63, 3.8) is 0 Å². The molecule has 0 aliphatic carbocycles. The van der Waals surface area contributed by atoms with Gasteiger partial charge >= 0.3 is 0 Å². The molecule has 1 amide bonds. The van der Waals surface area contributed by atoms with Crippen LogP contribution in [0.25, 0.3) is 11.1 Å². The zero-order valence-electron chi connectivity index (χ0n) is 9.60. The van der Waals surface area contributed by atoms with Gasteiger partial charge in [0.05, 0.1) is 0 Å². The van der Waals surface area contributed by atoms with Gasteiger partial charge in [-0.3, -0.25) is 9.89 Å². The molecule has 1 aromatic carbocycles. The summed E-state index contributed by atoms with van der Waals surface area (Å²) in [5.74, 6) is -0.262. The molecule has 18 heavy (non-hydrogen) atoms. The molecule has 0 fully saturated rings. The maximum atomic E-state index is 11.9. The van der Waals surface area contributed by atoms with Gasteiger partial charge in [0.2, 0.25) is 0 Å². The van der Waals surface area contributed by atoms with Crippen LogP contribution >= 0.6 is 0 Å². The first-order valence-electron chi connectivity index (χ1n) is 5.39. The molecule has 0 radical (unpaired) electrons. The third-order valence-electron chi connectivity index (χ3n) is 2.53. The molecule has 3 aromatic rings. The standard InChI is InChI=1S/C12H10N4O2/c1-7-4-10(16-15-7)12(17)14-8-2-3-11-9(5-8)13-6-18-11/h2-6H,1H3,(H,14,17)(H,15,16). The molecule has 2 heterocycles. The second-order valence-electron chi connectivity index (χ2n) is 3.93. The zero-order valence-corrected chi connectivity index (χ0v) is 9.60. The third kappa shape index (κ3) is 1.84. The number of anilines is 1. The van der Waals surface area contributed by atoms with Crippen molar-refractivity contribution in [2.24, 2.45) is 0 Å². The molecule has 0 aliphatic heterocycles. The van der Waals surface area contributed by atoms with Crippen molar-refractivity contribution in [3.05, 3.63) is 42.0 Å². The van der Waals surface area contributed by atoms with E-state index in [2.05, 4.69) is 20.5 Å². The fourth-order valence-corrected chi connectivity index (χ4v) is 1.67. The van der Waals surface area contributed by atoms with Gasteiger partial charge in [-0.05, 0) is 31.2 Å². The number of rotatable bonds is 2. The SMILES string of the molecule is Cc1cc(C(=O)Nc2ccc3ocnc3c2)n[nH]1. The van der Waals surface area contributed by atoms with E-state index < -0.39 is 0 Å². The van der Waals surface area contributed by atoms with Crippen molar-refractivity contribution >= 4 is 22.7 Å². The number of hydrogen-bond donors (Lipinski definition) is 2. The minimum Gasteiger partial charge on any atom is -0.443 e. The Hall–Kier alpha value is -2.63. The maximum absolute atomic E-state index is 11.9. The molecule has 2 aromatic heterocycles. The molecule has 0 atom stereocenters. The van der Waals surface area contributed by atoms with E-state index in [0.29, 0.717) is 22.5 Å². The molecule has 6 heteroatoms. The Balaban J connectivity index is 1.85. The summed E-state index contributed by atoms with van der Waals surface area (Å²) in [7, 11) is 0.